The zero-order valence-corrected chi connectivity index (χ0v) is 9.93. The Morgan fingerprint density at radius 3 is 2.81 bits per heavy atom. The first-order valence-electron chi connectivity index (χ1n) is 4.24. The topological polar surface area (TPSA) is 69.4 Å². The number of benzene rings is 1. The summed E-state index contributed by atoms with van der Waals surface area (Å²) in [4.78, 5) is 21.0. The average Bonchev–Trinajstić information content (AvgIpc) is 2.25. The molecule has 0 aliphatic heterocycles. The molecule has 0 bridgehead atoms. The van der Waals surface area contributed by atoms with Crippen LogP contribution in [0.3, 0.4) is 0 Å². The Morgan fingerprint density at radius 1 is 1.56 bits per heavy atom. The van der Waals surface area contributed by atoms with Crippen LogP contribution in [0, 0.1) is 10.1 Å². The third-order valence-corrected chi connectivity index (χ3v) is 2.29. The Hall–Kier alpha value is -1.69. The summed E-state index contributed by atoms with van der Waals surface area (Å²) in [6, 6.07) is 4.80. The fraction of sp³-hybridized carbons (Fsp3) is 0.100. The maximum atomic E-state index is 11.3. The van der Waals surface area contributed by atoms with Gasteiger partial charge in [0.1, 0.15) is 0 Å². The molecule has 0 amide bonds. The molecule has 5 nitrogen and oxygen atoms in total. The van der Waals surface area contributed by atoms with E-state index < -0.39 is 10.9 Å². The molecule has 0 N–H and O–H groups in total. The number of carbonyl (C=O) groups excluding carboxylic acids is 1. The maximum absolute atomic E-state index is 11.3. The van der Waals surface area contributed by atoms with E-state index >= 15 is 0 Å². The van der Waals surface area contributed by atoms with E-state index in [1.165, 1.54) is 19.3 Å². The molecule has 0 aliphatic carbocycles. The van der Waals surface area contributed by atoms with Crippen LogP contribution in [-0.2, 0) is 4.74 Å². The first-order valence-corrected chi connectivity index (χ1v) is 5.03. The zero-order chi connectivity index (χ0) is 12.1. The summed E-state index contributed by atoms with van der Waals surface area (Å²) >= 11 is 3.22. The van der Waals surface area contributed by atoms with Gasteiger partial charge in [0.25, 0.3) is 0 Å². The fourth-order valence-electron chi connectivity index (χ4n) is 1.11. The number of carbonyl (C=O) groups is 1. The van der Waals surface area contributed by atoms with Gasteiger partial charge in [-0.05, 0) is 23.8 Å². The number of nitro groups is 1. The molecule has 6 heteroatoms. The molecule has 1 aromatic carbocycles. The highest BCUT2D eigenvalue weighted by molar-refractivity contribution is 9.10. The summed E-state index contributed by atoms with van der Waals surface area (Å²) in [5.74, 6) is -0.532. The van der Waals surface area contributed by atoms with Crippen molar-refractivity contribution in [3.8, 4) is 0 Å². The molecule has 0 atom stereocenters. The smallest absolute Gasteiger partial charge is 0.338 e. The van der Waals surface area contributed by atoms with Crippen LogP contribution in [0.15, 0.2) is 28.9 Å². The summed E-state index contributed by atoms with van der Waals surface area (Å²) < 4.78 is 5.29. The number of methoxy groups -OCH3 is 1. The average molecular weight is 286 g/mol. The molecule has 0 saturated carbocycles. The van der Waals surface area contributed by atoms with E-state index in [2.05, 4.69) is 20.7 Å². The number of esters is 1. The highest BCUT2D eigenvalue weighted by Crippen LogP contribution is 2.18. The van der Waals surface area contributed by atoms with Gasteiger partial charge in [-0.25, -0.2) is 4.79 Å². The normalized spacial score (nSPS) is 10.4. The van der Waals surface area contributed by atoms with Gasteiger partial charge in [0, 0.05) is 10.5 Å². The number of rotatable bonds is 3. The van der Waals surface area contributed by atoms with E-state index in [0.717, 1.165) is 10.7 Å². The summed E-state index contributed by atoms with van der Waals surface area (Å²) in [5.41, 5.74) is 0.710. The van der Waals surface area contributed by atoms with Crippen molar-refractivity contribution < 1.29 is 14.5 Å². The van der Waals surface area contributed by atoms with Gasteiger partial charge in [0.2, 0.25) is 6.20 Å². The summed E-state index contributed by atoms with van der Waals surface area (Å²) in [6.07, 6.45) is 2.02. The molecular weight excluding hydrogens is 278 g/mol. The van der Waals surface area contributed by atoms with E-state index in [4.69, 9.17) is 0 Å². The van der Waals surface area contributed by atoms with Crippen molar-refractivity contribution >= 4 is 28.0 Å². The molecule has 0 fully saturated rings. The Labute approximate surface area is 100.0 Å². The first-order chi connectivity index (χ1) is 7.54. The van der Waals surface area contributed by atoms with Gasteiger partial charge in [-0.15, -0.1) is 0 Å². The molecule has 0 unspecified atom stereocenters. The van der Waals surface area contributed by atoms with Crippen LogP contribution in [0.25, 0.3) is 6.08 Å². The molecule has 16 heavy (non-hydrogen) atoms. The molecule has 0 saturated heterocycles. The summed E-state index contributed by atoms with van der Waals surface area (Å²) in [6.45, 7) is 0. The summed E-state index contributed by atoms with van der Waals surface area (Å²) in [5, 5.41) is 10.2. The van der Waals surface area contributed by atoms with Crippen LogP contribution >= 0.6 is 15.9 Å². The van der Waals surface area contributed by atoms with Crippen molar-refractivity contribution in [2.45, 2.75) is 0 Å². The molecular formula is C10H8BrNO4. The lowest BCUT2D eigenvalue weighted by Crippen LogP contribution is -2.03. The van der Waals surface area contributed by atoms with Crippen LogP contribution < -0.4 is 0 Å². The Bertz CT molecular complexity index is 456. The van der Waals surface area contributed by atoms with Gasteiger partial charge in [-0.3, -0.25) is 10.1 Å². The second-order valence-corrected chi connectivity index (χ2v) is 3.74. The fourth-order valence-corrected chi connectivity index (χ4v) is 1.49. The van der Waals surface area contributed by atoms with E-state index in [1.807, 2.05) is 0 Å². The van der Waals surface area contributed by atoms with Gasteiger partial charge in [0.05, 0.1) is 17.6 Å². The minimum absolute atomic E-state index is 0.281. The quantitative estimate of drug-likeness (QED) is 0.486. The minimum atomic E-state index is -0.595. The van der Waals surface area contributed by atoms with Crippen LogP contribution in [0.2, 0.25) is 0 Å². The van der Waals surface area contributed by atoms with Gasteiger partial charge >= 0.3 is 5.97 Å². The summed E-state index contributed by atoms with van der Waals surface area (Å²) in [7, 11) is 1.26. The molecule has 1 aromatic rings. The Balaban J connectivity index is 3.18. The van der Waals surface area contributed by atoms with Crippen molar-refractivity contribution in [1.29, 1.82) is 0 Å². The molecule has 84 valence electrons. The van der Waals surface area contributed by atoms with Crippen LogP contribution in [0.1, 0.15) is 15.9 Å². The monoisotopic (exact) mass is 285 g/mol. The minimum Gasteiger partial charge on any atom is -0.465 e. The van der Waals surface area contributed by atoms with Gasteiger partial charge < -0.3 is 4.74 Å². The van der Waals surface area contributed by atoms with Gasteiger partial charge in [0.15, 0.2) is 0 Å². The number of hydrogen-bond donors (Lipinski definition) is 0. The van der Waals surface area contributed by atoms with E-state index in [1.54, 1.807) is 12.1 Å². The van der Waals surface area contributed by atoms with E-state index in [-0.39, 0.29) is 5.56 Å². The van der Waals surface area contributed by atoms with Crippen molar-refractivity contribution in [2.24, 2.45) is 0 Å². The van der Waals surface area contributed by atoms with Crippen molar-refractivity contribution in [1.82, 2.24) is 0 Å². The first kappa shape index (κ1) is 12.4. The largest absolute Gasteiger partial charge is 0.465 e. The van der Waals surface area contributed by atoms with Crippen LogP contribution in [-0.4, -0.2) is 18.0 Å². The van der Waals surface area contributed by atoms with Crippen LogP contribution in [0.4, 0.5) is 0 Å². The molecule has 0 spiro atoms. The molecule has 0 heterocycles. The van der Waals surface area contributed by atoms with Gasteiger partial charge in [-0.1, -0.05) is 15.9 Å². The van der Waals surface area contributed by atoms with Crippen molar-refractivity contribution in [3.63, 3.8) is 0 Å². The number of hydrogen-bond acceptors (Lipinski definition) is 4. The van der Waals surface area contributed by atoms with Crippen molar-refractivity contribution in [2.75, 3.05) is 7.11 Å². The van der Waals surface area contributed by atoms with E-state index in [9.17, 15) is 14.9 Å². The molecule has 0 aromatic heterocycles. The number of halogens is 1. The SMILES string of the molecule is COC(=O)c1ccc(Br)cc1/C=C/[N+](=O)[O-]. The lowest BCUT2D eigenvalue weighted by molar-refractivity contribution is -0.400. The predicted molar refractivity (Wildman–Crippen MR) is 61.5 cm³/mol. The van der Waals surface area contributed by atoms with Crippen molar-refractivity contribution in [3.05, 3.63) is 50.1 Å². The lowest BCUT2D eigenvalue weighted by Gasteiger charge is -2.03. The highest BCUT2D eigenvalue weighted by atomic mass is 79.9. The maximum Gasteiger partial charge on any atom is 0.338 e. The lowest BCUT2D eigenvalue weighted by atomic mass is 10.1. The van der Waals surface area contributed by atoms with E-state index in [0.29, 0.717) is 5.56 Å². The third kappa shape index (κ3) is 3.16. The molecule has 0 radical (unpaired) electrons. The standard InChI is InChI=1S/C10H8BrNO4/c1-16-10(13)9-3-2-8(11)6-7(9)4-5-12(14)15/h2-6H,1H3/b5-4+. The third-order valence-electron chi connectivity index (χ3n) is 1.79. The Kier molecular flexibility index (Phi) is 4.19. The second-order valence-electron chi connectivity index (χ2n) is 2.82. The highest BCUT2D eigenvalue weighted by Gasteiger charge is 2.10. The molecule has 1 rings (SSSR count). The van der Waals surface area contributed by atoms with Gasteiger partial charge in [-0.2, -0.15) is 0 Å². The Morgan fingerprint density at radius 2 is 2.25 bits per heavy atom. The second kappa shape index (κ2) is 5.41. The number of ether oxygens (including phenoxy) is 1. The molecule has 0 aliphatic rings. The van der Waals surface area contributed by atoms with Crippen LogP contribution in [0.5, 0.6) is 0 Å². The predicted octanol–water partition coefficient (Wildman–Crippen LogP) is 2.48. The zero-order valence-electron chi connectivity index (χ0n) is 8.34. The number of nitrogens with zero attached hydrogens (tertiary/aromatic N) is 1.